The number of ether oxygens (including phenoxy) is 2. The van der Waals surface area contributed by atoms with Gasteiger partial charge in [-0.15, -0.1) is 0 Å². The maximum absolute atomic E-state index is 13.0. The third kappa shape index (κ3) is 7.44. The van der Waals surface area contributed by atoms with Gasteiger partial charge in [-0.05, 0) is 42.8 Å². The summed E-state index contributed by atoms with van der Waals surface area (Å²) in [6.45, 7) is 4.42. The summed E-state index contributed by atoms with van der Waals surface area (Å²) in [5.74, 6) is -0.321. The molecule has 182 valence electrons. The fourth-order valence-electron chi connectivity index (χ4n) is 3.00. The highest BCUT2D eigenvalue weighted by atomic mass is 32.2. The molecule has 2 aromatic carbocycles. The van der Waals surface area contributed by atoms with Crippen LogP contribution < -0.4 is 10.1 Å². The third-order valence-corrected chi connectivity index (χ3v) is 6.65. The summed E-state index contributed by atoms with van der Waals surface area (Å²) in [5, 5.41) is 2.64. The Bertz CT molecular complexity index is 1040. The van der Waals surface area contributed by atoms with Crippen LogP contribution in [0.25, 0.3) is 0 Å². The molecule has 0 aromatic heterocycles. The summed E-state index contributed by atoms with van der Waals surface area (Å²) in [6, 6.07) is 10.2. The molecule has 0 aliphatic carbocycles. The third-order valence-electron chi connectivity index (χ3n) is 4.58. The minimum Gasteiger partial charge on any atom is -0.492 e. The second-order valence-electron chi connectivity index (χ2n) is 6.94. The number of benzene rings is 2. The van der Waals surface area contributed by atoms with Crippen LogP contribution in [-0.4, -0.2) is 51.1 Å². The van der Waals surface area contributed by atoms with Gasteiger partial charge in [0, 0.05) is 24.3 Å². The van der Waals surface area contributed by atoms with Crippen LogP contribution in [0.2, 0.25) is 0 Å². The monoisotopic (exact) mass is 488 g/mol. The molecule has 0 atom stereocenters. The van der Waals surface area contributed by atoms with Crippen molar-refractivity contribution in [1.82, 2.24) is 4.31 Å². The van der Waals surface area contributed by atoms with Gasteiger partial charge in [-0.25, -0.2) is 8.42 Å². The number of rotatable bonds is 11. The van der Waals surface area contributed by atoms with E-state index in [2.05, 4.69) is 10.1 Å². The Morgan fingerprint density at radius 1 is 1.03 bits per heavy atom. The van der Waals surface area contributed by atoms with E-state index >= 15 is 0 Å². The second-order valence-corrected chi connectivity index (χ2v) is 8.85. The molecule has 0 aliphatic heterocycles. The predicted molar refractivity (Wildman–Crippen MR) is 118 cm³/mol. The molecular weight excluding hydrogens is 461 g/mol. The number of carbonyl (C=O) groups excluding carboxylic acids is 1. The number of nitrogens with one attached hydrogen (secondary N) is 1. The molecule has 2 rings (SSSR count). The van der Waals surface area contributed by atoms with Crippen LogP contribution in [-0.2, 0) is 21.4 Å². The quantitative estimate of drug-likeness (QED) is 0.505. The molecule has 1 N–H and O–H groups in total. The van der Waals surface area contributed by atoms with Crippen molar-refractivity contribution in [3.05, 3.63) is 53.6 Å². The first-order chi connectivity index (χ1) is 15.5. The van der Waals surface area contributed by atoms with Gasteiger partial charge in [0.1, 0.15) is 17.3 Å². The van der Waals surface area contributed by atoms with Gasteiger partial charge in [-0.3, -0.25) is 4.79 Å². The molecule has 0 heterocycles. The topological polar surface area (TPSA) is 84.9 Å². The largest absolute Gasteiger partial charge is 0.492 e. The van der Waals surface area contributed by atoms with Gasteiger partial charge in [0.15, 0.2) is 0 Å². The zero-order valence-corrected chi connectivity index (χ0v) is 19.4. The SMILES string of the molecule is CCOc1ccc(NC(=O)c2ccc(COCC(F)(F)F)cc2)cc1S(=O)(=O)N(CC)CC. The first-order valence-electron chi connectivity index (χ1n) is 10.3. The van der Waals surface area contributed by atoms with E-state index < -0.39 is 28.7 Å². The number of nitrogens with zero attached hydrogens (tertiary/aromatic N) is 1. The van der Waals surface area contributed by atoms with E-state index in [9.17, 15) is 26.4 Å². The molecule has 0 fully saturated rings. The summed E-state index contributed by atoms with van der Waals surface area (Å²) in [6.07, 6.45) is -4.41. The maximum atomic E-state index is 13.0. The number of amides is 1. The smallest absolute Gasteiger partial charge is 0.411 e. The number of sulfonamides is 1. The van der Waals surface area contributed by atoms with Crippen LogP contribution >= 0.6 is 0 Å². The van der Waals surface area contributed by atoms with Crippen molar-refractivity contribution in [2.75, 3.05) is 31.6 Å². The Kier molecular flexibility index (Phi) is 9.26. The van der Waals surface area contributed by atoms with E-state index in [1.165, 1.54) is 46.8 Å². The molecule has 0 spiro atoms. The van der Waals surface area contributed by atoms with Crippen LogP contribution in [0.3, 0.4) is 0 Å². The van der Waals surface area contributed by atoms with Crippen molar-refractivity contribution in [2.45, 2.75) is 38.4 Å². The Balaban J connectivity index is 2.19. The minimum atomic E-state index is -4.41. The second kappa shape index (κ2) is 11.5. The molecule has 0 saturated carbocycles. The molecule has 0 aliphatic rings. The molecule has 1 amide bonds. The first-order valence-corrected chi connectivity index (χ1v) is 11.8. The molecule has 2 aromatic rings. The normalized spacial score (nSPS) is 12.1. The van der Waals surface area contributed by atoms with Crippen molar-refractivity contribution in [1.29, 1.82) is 0 Å². The van der Waals surface area contributed by atoms with Gasteiger partial charge in [-0.2, -0.15) is 17.5 Å². The molecule has 0 unspecified atom stereocenters. The fourth-order valence-corrected chi connectivity index (χ4v) is 4.62. The lowest BCUT2D eigenvalue weighted by molar-refractivity contribution is -0.176. The molecule has 11 heteroatoms. The Morgan fingerprint density at radius 3 is 2.21 bits per heavy atom. The standard InChI is InChI=1S/C22H27F3N2O5S/c1-4-27(5-2)33(29,30)20-13-18(11-12-19(20)32-6-3)26-21(28)17-9-7-16(8-10-17)14-31-15-22(23,24)25/h7-13H,4-6,14-15H2,1-3H3,(H,26,28). The van der Waals surface area contributed by atoms with Gasteiger partial charge in [-0.1, -0.05) is 26.0 Å². The summed E-state index contributed by atoms with van der Waals surface area (Å²) in [5.41, 5.74) is 0.979. The zero-order chi connectivity index (χ0) is 24.6. The van der Waals surface area contributed by atoms with Crippen molar-refractivity contribution in [3.8, 4) is 5.75 Å². The molecule has 0 saturated heterocycles. The van der Waals surface area contributed by atoms with Crippen LogP contribution in [0.4, 0.5) is 18.9 Å². The number of alkyl halides is 3. The lowest BCUT2D eigenvalue weighted by Gasteiger charge is -2.21. The maximum Gasteiger partial charge on any atom is 0.411 e. The highest BCUT2D eigenvalue weighted by Gasteiger charge is 2.28. The number of hydrogen-bond donors (Lipinski definition) is 1. The Labute approximate surface area is 191 Å². The number of anilines is 1. The van der Waals surface area contributed by atoms with E-state index in [1.54, 1.807) is 20.8 Å². The van der Waals surface area contributed by atoms with Crippen LogP contribution in [0.15, 0.2) is 47.4 Å². The number of carbonyl (C=O) groups is 1. The van der Waals surface area contributed by atoms with E-state index in [0.717, 1.165) is 0 Å². The summed E-state index contributed by atoms with van der Waals surface area (Å²) < 4.78 is 73.9. The van der Waals surface area contributed by atoms with E-state index in [0.29, 0.717) is 5.56 Å². The van der Waals surface area contributed by atoms with Crippen molar-refractivity contribution in [2.24, 2.45) is 0 Å². The van der Waals surface area contributed by atoms with Gasteiger partial charge >= 0.3 is 6.18 Å². The Morgan fingerprint density at radius 2 is 1.67 bits per heavy atom. The van der Waals surface area contributed by atoms with Crippen LogP contribution in [0.1, 0.15) is 36.7 Å². The lowest BCUT2D eigenvalue weighted by Crippen LogP contribution is -2.31. The fraction of sp³-hybridized carbons (Fsp3) is 0.409. The van der Waals surface area contributed by atoms with Crippen molar-refractivity contribution in [3.63, 3.8) is 0 Å². The summed E-state index contributed by atoms with van der Waals surface area (Å²) in [4.78, 5) is 12.6. The van der Waals surface area contributed by atoms with E-state index in [-0.39, 0.29) is 48.2 Å². The average molecular weight is 489 g/mol. The van der Waals surface area contributed by atoms with Gasteiger partial charge in [0.25, 0.3) is 5.91 Å². The predicted octanol–water partition coefficient (Wildman–Crippen LogP) is 4.45. The van der Waals surface area contributed by atoms with Crippen LogP contribution in [0, 0.1) is 0 Å². The van der Waals surface area contributed by atoms with E-state index in [4.69, 9.17) is 4.74 Å². The average Bonchev–Trinajstić information content (AvgIpc) is 2.75. The number of halogens is 3. The highest BCUT2D eigenvalue weighted by Crippen LogP contribution is 2.30. The zero-order valence-electron chi connectivity index (χ0n) is 18.6. The minimum absolute atomic E-state index is 0.0528. The first kappa shape index (κ1) is 26.6. The molecular formula is C22H27F3N2O5S. The number of hydrogen-bond acceptors (Lipinski definition) is 5. The van der Waals surface area contributed by atoms with Crippen molar-refractivity contribution < 1.29 is 35.9 Å². The van der Waals surface area contributed by atoms with E-state index in [1.807, 2.05) is 0 Å². The molecule has 33 heavy (non-hydrogen) atoms. The van der Waals surface area contributed by atoms with Crippen LogP contribution in [0.5, 0.6) is 5.75 Å². The lowest BCUT2D eigenvalue weighted by atomic mass is 10.1. The van der Waals surface area contributed by atoms with Gasteiger partial charge in [0.05, 0.1) is 13.2 Å². The Hall–Kier alpha value is -2.63. The summed E-state index contributed by atoms with van der Waals surface area (Å²) >= 11 is 0. The highest BCUT2D eigenvalue weighted by molar-refractivity contribution is 7.89. The molecule has 0 bridgehead atoms. The summed E-state index contributed by atoms with van der Waals surface area (Å²) in [7, 11) is -3.84. The van der Waals surface area contributed by atoms with Crippen molar-refractivity contribution >= 4 is 21.6 Å². The van der Waals surface area contributed by atoms with Gasteiger partial charge < -0.3 is 14.8 Å². The molecule has 0 radical (unpaired) electrons. The molecule has 7 nitrogen and oxygen atoms in total. The van der Waals surface area contributed by atoms with Gasteiger partial charge in [0.2, 0.25) is 10.0 Å².